The second kappa shape index (κ2) is 4.10. The molecule has 0 aliphatic carbocycles. The van der Waals surface area contributed by atoms with E-state index in [0.717, 1.165) is 0 Å². The summed E-state index contributed by atoms with van der Waals surface area (Å²) >= 11 is 0. The molecule has 1 aromatic heterocycles. The van der Waals surface area contributed by atoms with Crippen LogP contribution in [-0.4, -0.2) is 10.7 Å². The number of nitrogens with zero attached hydrogens (tertiary/aromatic N) is 1. The highest BCUT2D eigenvalue weighted by Crippen LogP contribution is 2.14. The number of nitrogen functional groups attached to an aromatic ring is 1. The van der Waals surface area contributed by atoms with Crippen molar-refractivity contribution < 1.29 is 4.39 Å². The van der Waals surface area contributed by atoms with Crippen molar-refractivity contribution in [3.8, 4) is 0 Å². The Balaban J connectivity index is 2.44. The van der Waals surface area contributed by atoms with Gasteiger partial charge < -0.3 is 5.73 Å². The summed E-state index contributed by atoms with van der Waals surface area (Å²) in [6.07, 6.45) is 1.56. The number of pyridine rings is 1. The van der Waals surface area contributed by atoms with Gasteiger partial charge in [0.1, 0.15) is 11.5 Å². The largest absolute Gasteiger partial charge is 0.397 e. The molecule has 4 heteroatoms. The van der Waals surface area contributed by atoms with Crippen molar-refractivity contribution in [2.75, 3.05) is 5.73 Å². The first-order chi connectivity index (χ1) is 7.68. The zero-order chi connectivity index (χ0) is 11.5. The van der Waals surface area contributed by atoms with E-state index in [2.05, 4.69) is 4.98 Å². The molecule has 0 saturated heterocycles. The minimum absolute atomic E-state index is 0.123. The summed E-state index contributed by atoms with van der Waals surface area (Å²) in [5.74, 6) is -0.378. The number of anilines is 1. The van der Waals surface area contributed by atoms with Crippen LogP contribution in [-0.2, 0) is 0 Å². The van der Waals surface area contributed by atoms with Crippen LogP contribution in [0, 0.1) is 11.2 Å². The van der Waals surface area contributed by atoms with Gasteiger partial charge in [-0.05, 0) is 24.3 Å². The van der Waals surface area contributed by atoms with Gasteiger partial charge in [-0.25, -0.2) is 4.39 Å². The highest BCUT2D eigenvalue weighted by Gasteiger charge is 2.09. The van der Waals surface area contributed by atoms with Gasteiger partial charge in [-0.1, -0.05) is 12.1 Å². The number of rotatable bonds is 2. The molecule has 0 fully saturated rings. The van der Waals surface area contributed by atoms with Gasteiger partial charge >= 0.3 is 0 Å². The van der Waals surface area contributed by atoms with Crippen molar-refractivity contribution in [3.05, 3.63) is 59.7 Å². The van der Waals surface area contributed by atoms with Gasteiger partial charge in [-0.3, -0.25) is 10.4 Å². The summed E-state index contributed by atoms with van der Waals surface area (Å²) in [7, 11) is 0. The van der Waals surface area contributed by atoms with E-state index in [0.29, 0.717) is 16.9 Å². The summed E-state index contributed by atoms with van der Waals surface area (Å²) < 4.78 is 13.0. The number of hydrogen-bond donors (Lipinski definition) is 2. The van der Waals surface area contributed by atoms with E-state index < -0.39 is 0 Å². The fraction of sp³-hybridized carbons (Fsp3) is 0. The number of benzene rings is 1. The third-order valence-corrected chi connectivity index (χ3v) is 2.19. The molecule has 0 aliphatic rings. The lowest BCUT2D eigenvalue weighted by Gasteiger charge is -2.06. The van der Waals surface area contributed by atoms with Gasteiger partial charge in [0.2, 0.25) is 0 Å². The summed E-state index contributed by atoms with van der Waals surface area (Å²) in [5, 5.41) is 7.90. The van der Waals surface area contributed by atoms with Gasteiger partial charge in [0, 0.05) is 11.8 Å². The molecule has 2 rings (SSSR count). The van der Waals surface area contributed by atoms with E-state index >= 15 is 0 Å². The Morgan fingerprint density at radius 2 is 2.06 bits per heavy atom. The summed E-state index contributed by atoms with van der Waals surface area (Å²) in [5.41, 5.74) is 7.07. The van der Waals surface area contributed by atoms with E-state index in [1.165, 1.54) is 12.1 Å². The summed E-state index contributed by atoms with van der Waals surface area (Å²) in [6.45, 7) is 0. The standard InChI is InChI=1S/C12H10FN3/c13-9-4-1-3-8(7-9)11(15)12-10(14)5-2-6-16-12/h1-7,15H,14H2. The van der Waals surface area contributed by atoms with Crippen LogP contribution in [0.3, 0.4) is 0 Å². The first-order valence-electron chi connectivity index (χ1n) is 4.74. The third kappa shape index (κ3) is 1.91. The molecule has 16 heavy (non-hydrogen) atoms. The maximum atomic E-state index is 13.0. The molecule has 80 valence electrons. The number of hydrogen-bond acceptors (Lipinski definition) is 3. The van der Waals surface area contributed by atoms with E-state index in [9.17, 15) is 4.39 Å². The van der Waals surface area contributed by atoms with Gasteiger partial charge in [0.05, 0.1) is 11.4 Å². The van der Waals surface area contributed by atoms with E-state index in [1.807, 2.05) is 0 Å². The second-order valence-corrected chi connectivity index (χ2v) is 3.33. The van der Waals surface area contributed by atoms with E-state index in [1.54, 1.807) is 30.5 Å². The molecule has 1 aromatic carbocycles. The van der Waals surface area contributed by atoms with Gasteiger partial charge in [-0.2, -0.15) is 0 Å². The number of aromatic nitrogens is 1. The molecular weight excluding hydrogens is 205 g/mol. The van der Waals surface area contributed by atoms with Crippen molar-refractivity contribution in [1.82, 2.24) is 4.98 Å². The molecule has 0 unspecified atom stereocenters. The zero-order valence-electron chi connectivity index (χ0n) is 8.44. The molecule has 0 bridgehead atoms. The third-order valence-electron chi connectivity index (χ3n) is 2.19. The average molecular weight is 215 g/mol. The Bertz CT molecular complexity index is 537. The highest BCUT2D eigenvalue weighted by atomic mass is 19.1. The van der Waals surface area contributed by atoms with Gasteiger partial charge in [-0.15, -0.1) is 0 Å². The zero-order valence-corrected chi connectivity index (χ0v) is 8.44. The van der Waals surface area contributed by atoms with Crippen molar-refractivity contribution in [1.29, 1.82) is 5.41 Å². The van der Waals surface area contributed by atoms with Crippen LogP contribution in [0.15, 0.2) is 42.6 Å². The number of halogens is 1. The maximum absolute atomic E-state index is 13.0. The van der Waals surface area contributed by atoms with Crippen LogP contribution in [0.4, 0.5) is 10.1 Å². The Labute approximate surface area is 92.3 Å². The molecule has 0 aliphatic heterocycles. The van der Waals surface area contributed by atoms with Crippen molar-refractivity contribution in [2.24, 2.45) is 0 Å². The molecule has 1 heterocycles. The minimum atomic E-state index is -0.378. The SMILES string of the molecule is N=C(c1cccc(F)c1)c1ncccc1N. The lowest BCUT2D eigenvalue weighted by molar-refractivity contribution is 0.627. The topological polar surface area (TPSA) is 62.8 Å². The average Bonchev–Trinajstić information content (AvgIpc) is 2.29. The second-order valence-electron chi connectivity index (χ2n) is 3.33. The molecule has 3 N–H and O–H groups in total. The predicted molar refractivity (Wildman–Crippen MR) is 61.0 cm³/mol. The maximum Gasteiger partial charge on any atom is 0.123 e. The van der Waals surface area contributed by atoms with E-state index in [4.69, 9.17) is 11.1 Å². The number of nitrogens with two attached hydrogens (primary N) is 1. The molecule has 0 saturated carbocycles. The van der Waals surface area contributed by atoms with Gasteiger partial charge in [0.25, 0.3) is 0 Å². The van der Waals surface area contributed by atoms with Crippen LogP contribution >= 0.6 is 0 Å². The van der Waals surface area contributed by atoms with Crippen molar-refractivity contribution >= 4 is 11.4 Å². The molecule has 0 spiro atoms. The van der Waals surface area contributed by atoms with Crippen LogP contribution in [0.1, 0.15) is 11.3 Å². The summed E-state index contributed by atoms with van der Waals surface area (Å²) in [4.78, 5) is 4.01. The van der Waals surface area contributed by atoms with Crippen LogP contribution in [0.5, 0.6) is 0 Å². The minimum Gasteiger partial charge on any atom is -0.397 e. The fourth-order valence-corrected chi connectivity index (χ4v) is 1.41. The molecular formula is C12H10FN3. The molecule has 2 aromatic rings. The first-order valence-corrected chi connectivity index (χ1v) is 4.74. The monoisotopic (exact) mass is 215 g/mol. The molecule has 0 radical (unpaired) electrons. The van der Waals surface area contributed by atoms with Crippen molar-refractivity contribution in [3.63, 3.8) is 0 Å². The molecule has 0 amide bonds. The Morgan fingerprint density at radius 3 is 2.75 bits per heavy atom. The van der Waals surface area contributed by atoms with Crippen LogP contribution < -0.4 is 5.73 Å². The predicted octanol–water partition coefficient (Wildman–Crippen LogP) is 2.22. The van der Waals surface area contributed by atoms with Gasteiger partial charge in [0.15, 0.2) is 0 Å². The fourth-order valence-electron chi connectivity index (χ4n) is 1.41. The van der Waals surface area contributed by atoms with Crippen LogP contribution in [0.25, 0.3) is 0 Å². The first kappa shape index (κ1) is 10.3. The molecule has 3 nitrogen and oxygen atoms in total. The highest BCUT2D eigenvalue weighted by molar-refractivity contribution is 6.12. The normalized spacial score (nSPS) is 10.1. The summed E-state index contributed by atoms with van der Waals surface area (Å²) in [6, 6.07) is 9.18. The van der Waals surface area contributed by atoms with Crippen LogP contribution in [0.2, 0.25) is 0 Å². The van der Waals surface area contributed by atoms with E-state index in [-0.39, 0.29) is 11.5 Å². The number of nitrogens with one attached hydrogen (secondary N) is 1. The Morgan fingerprint density at radius 1 is 1.25 bits per heavy atom. The Kier molecular flexibility index (Phi) is 2.64. The lowest BCUT2D eigenvalue weighted by Crippen LogP contribution is -2.07. The quantitative estimate of drug-likeness (QED) is 0.754. The molecule has 0 atom stereocenters. The smallest absolute Gasteiger partial charge is 0.123 e. The van der Waals surface area contributed by atoms with Crippen molar-refractivity contribution in [2.45, 2.75) is 0 Å². The lowest BCUT2D eigenvalue weighted by atomic mass is 10.1. The Hall–Kier alpha value is -2.23.